The van der Waals surface area contributed by atoms with Gasteiger partial charge in [0, 0.05) is 12.5 Å². The van der Waals surface area contributed by atoms with Crippen molar-refractivity contribution in [1.82, 2.24) is 15.3 Å². The van der Waals surface area contributed by atoms with Crippen molar-refractivity contribution in [3.8, 4) is 0 Å². The predicted molar refractivity (Wildman–Crippen MR) is 144 cm³/mol. The Hall–Kier alpha value is -3.48. The summed E-state index contributed by atoms with van der Waals surface area (Å²) in [5.74, 6) is -2.18. The number of nitrogens with zero attached hydrogens (tertiary/aromatic N) is 4. The zero-order chi connectivity index (χ0) is 29.1. The highest BCUT2D eigenvalue weighted by atomic mass is 32.2. The average molecular weight is 564 g/mol. The smallest absolute Gasteiger partial charge is 0.413 e. The third-order valence-corrected chi connectivity index (χ3v) is 7.45. The van der Waals surface area contributed by atoms with E-state index in [0.29, 0.717) is 12.0 Å². The van der Waals surface area contributed by atoms with E-state index >= 15 is 4.39 Å². The van der Waals surface area contributed by atoms with Crippen LogP contribution in [0.4, 0.5) is 19.4 Å². The van der Waals surface area contributed by atoms with Crippen LogP contribution in [0.15, 0.2) is 33.8 Å². The molecule has 212 valence electrons. The van der Waals surface area contributed by atoms with Crippen LogP contribution in [0.3, 0.4) is 0 Å². The van der Waals surface area contributed by atoms with Crippen LogP contribution < -0.4 is 10.6 Å². The van der Waals surface area contributed by atoms with Crippen LogP contribution >= 0.6 is 0 Å². The van der Waals surface area contributed by atoms with Crippen LogP contribution in [0.2, 0.25) is 0 Å². The summed E-state index contributed by atoms with van der Waals surface area (Å²) in [6, 6.07) is 3.54. The topological polar surface area (TPSA) is 135 Å². The molecule has 2 amide bonds. The fourth-order valence-corrected chi connectivity index (χ4v) is 5.32. The Balaban J connectivity index is 2.07. The highest BCUT2D eigenvalue weighted by Crippen LogP contribution is 2.37. The number of ether oxygens (including phenoxy) is 1. The first-order valence-corrected chi connectivity index (χ1v) is 13.6. The number of carbonyl (C=O) groups excluding carboxylic acids is 2. The monoisotopic (exact) mass is 563 g/mol. The standard InChI is InChI=1S/C26H33F2N6O4S/c1-14(2)22(33-24(36)38-25(4,5)6)34-26(7,18-10-11-30-39(18)37)21-17(28)8-9-19(31-21)32-23(35)20-15(3)12-16(27)13-29-20/h8-9,12-14,18H,10-11H2,1-7H3,(H,31,32,35)(H,33,34,36)/q-1/t18-,26+/m1/s1. The minimum Gasteiger partial charge on any atom is -0.444 e. The number of aryl methyl sites for hydroxylation is 1. The van der Waals surface area contributed by atoms with Gasteiger partial charge in [0.1, 0.15) is 40.3 Å². The maximum Gasteiger partial charge on any atom is 0.413 e. The lowest BCUT2D eigenvalue weighted by atomic mass is 9.90. The third-order valence-electron chi connectivity index (χ3n) is 5.84. The number of nitrogens with one attached hydrogen (secondary N) is 2. The van der Waals surface area contributed by atoms with Gasteiger partial charge in [0.15, 0.2) is 0 Å². The van der Waals surface area contributed by atoms with E-state index in [9.17, 15) is 18.2 Å². The molecule has 3 heterocycles. The number of amides is 2. The molecule has 0 fully saturated rings. The molecule has 2 atom stereocenters. The van der Waals surface area contributed by atoms with Crippen molar-refractivity contribution >= 4 is 34.2 Å². The Morgan fingerprint density at radius 1 is 1.21 bits per heavy atom. The molecule has 0 bridgehead atoms. The van der Waals surface area contributed by atoms with Crippen molar-refractivity contribution in [1.29, 1.82) is 0 Å². The van der Waals surface area contributed by atoms with Gasteiger partial charge in [-0.25, -0.2) is 23.5 Å². The molecule has 3 rings (SSSR count). The molecule has 1 aliphatic heterocycles. The zero-order valence-corrected chi connectivity index (χ0v) is 23.8. The van der Waals surface area contributed by atoms with E-state index in [0.717, 1.165) is 12.3 Å². The number of amidine groups is 1. The first-order chi connectivity index (χ1) is 18.1. The first kappa shape index (κ1) is 30.1. The van der Waals surface area contributed by atoms with Gasteiger partial charge in [-0.1, -0.05) is 13.8 Å². The summed E-state index contributed by atoms with van der Waals surface area (Å²) in [6.07, 6.45) is 0.508. The lowest BCUT2D eigenvalue weighted by Gasteiger charge is -2.36. The quantitative estimate of drug-likeness (QED) is 0.288. The number of rotatable bonds is 6. The molecule has 0 radical (unpaired) electrons. The summed E-state index contributed by atoms with van der Waals surface area (Å²) in [7, 11) is -1.71. The number of aromatic nitrogens is 2. The maximum atomic E-state index is 15.4. The number of anilines is 1. The van der Waals surface area contributed by atoms with Gasteiger partial charge in [-0.15, -0.1) is 0 Å². The van der Waals surface area contributed by atoms with Crippen molar-refractivity contribution in [2.24, 2.45) is 15.3 Å². The second kappa shape index (κ2) is 11.7. The number of pyridine rings is 2. The molecule has 2 N–H and O–H groups in total. The lowest BCUT2D eigenvalue weighted by Crippen LogP contribution is -2.43. The molecular weight excluding hydrogens is 530 g/mol. The van der Waals surface area contributed by atoms with Gasteiger partial charge in [0.2, 0.25) is 0 Å². The predicted octanol–water partition coefficient (Wildman–Crippen LogP) is 5.03. The van der Waals surface area contributed by atoms with E-state index in [1.165, 1.54) is 19.1 Å². The Morgan fingerprint density at radius 2 is 1.90 bits per heavy atom. The van der Waals surface area contributed by atoms with Crippen molar-refractivity contribution in [3.05, 3.63) is 53.0 Å². The van der Waals surface area contributed by atoms with Gasteiger partial charge < -0.3 is 18.6 Å². The summed E-state index contributed by atoms with van der Waals surface area (Å²) in [5, 5.41) is 4.43. The summed E-state index contributed by atoms with van der Waals surface area (Å²) < 4.78 is 51.1. The lowest BCUT2D eigenvalue weighted by molar-refractivity contribution is 0.0560. The minimum atomic E-state index is -1.71. The highest BCUT2D eigenvalue weighted by Gasteiger charge is 2.39. The van der Waals surface area contributed by atoms with E-state index in [1.807, 2.05) is 0 Å². The second-order valence-corrected chi connectivity index (χ2v) is 12.0. The van der Waals surface area contributed by atoms with Gasteiger partial charge in [-0.3, -0.25) is 15.1 Å². The Labute approximate surface area is 228 Å². The fourth-order valence-electron chi connectivity index (χ4n) is 3.99. The molecule has 0 unspecified atom stereocenters. The summed E-state index contributed by atoms with van der Waals surface area (Å²) >= 11 is 0. The van der Waals surface area contributed by atoms with Gasteiger partial charge in [-0.2, -0.15) is 10.6 Å². The number of hydrogen-bond donors (Lipinski definition) is 2. The molecule has 2 aromatic rings. The van der Waals surface area contributed by atoms with Crippen LogP contribution in [0, 0.1) is 24.5 Å². The van der Waals surface area contributed by atoms with Crippen molar-refractivity contribution in [2.75, 3.05) is 11.9 Å². The number of halogens is 2. The third kappa shape index (κ3) is 7.34. The average Bonchev–Trinajstić information content (AvgIpc) is 3.25. The van der Waals surface area contributed by atoms with Crippen molar-refractivity contribution in [2.45, 2.75) is 71.3 Å². The Bertz CT molecular complexity index is 1380. The van der Waals surface area contributed by atoms with Gasteiger partial charge in [0.25, 0.3) is 5.91 Å². The minimum absolute atomic E-state index is 0.0183. The van der Waals surface area contributed by atoms with Crippen LogP contribution in [-0.4, -0.2) is 45.2 Å². The molecule has 39 heavy (non-hydrogen) atoms. The van der Waals surface area contributed by atoms with E-state index in [-0.39, 0.29) is 35.5 Å². The highest BCUT2D eigenvalue weighted by molar-refractivity contribution is 7.75. The van der Waals surface area contributed by atoms with E-state index < -0.39 is 50.6 Å². The van der Waals surface area contributed by atoms with E-state index in [2.05, 4.69) is 25.0 Å². The van der Waals surface area contributed by atoms with Crippen molar-refractivity contribution in [3.63, 3.8) is 0 Å². The molecule has 0 aliphatic carbocycles. The van der Waals surface area contributed by atoms with Gasteiger partial charge >= 0.3 is 6.09 Å². The second-order valence-electron chi connectivity index (χ2n) is 10.6. The number of alkyl carbamates (subject to hydrolysis) is 1. The molecule has 0 aromatic carbocycles. The molecule has 2 aromatic heterocycles. The van der Waals surface area contributed by atoms with E-state index in [1.54, 1.807) is 41.5 Å². The molecule has 0 saturated heterocycles. The summed E-state index contributed by atoms with van der Waals surface area (Å²) in [4.78, 5) is 38.3. The van der Waals surface area contributed by atoms with Gasteiger partial charge in [-0.05, 0) is 70.1 Å². The summed E-state index contributed by atoms with van der Waals surface area (Å²) in [5.41, 5.74) is -2.22. The summed E-state index contributed by atoms with van der Waals surface area (Å²) in [6.45, 7) is 12.1. The SMILES string of the molecule is Cc1cc(F)cnc1C(=O)Nc1ccc(F)c([C@@](C)(N=C(NC(=O)OC(C)(C)C)C(C)C)[C@H]2CCN=[S-]2=O)n1. The number of hydrogen-bond acceptors (Lipinski definition) is 9. The first-order valence-electron chi connectivity index (χ1n) is 12.4. The van der Waals surface area contributed by atoms with Crippen LogP contribution in [-0.2, 0) is 25.1 Å². The fraction of sp³-hybridized carbons (Fsp3) is 0.500. The largest absolute Gasteiger partial charge is 0.444 e. The van der Waals surface area contributed by atoms with Crippen LogP contribution in [0.1, 0.15) is 69.7 Å². The molecule has 1 aliphatic rings. The molecule has 0 saturated carbocycles. The van der Waals surface area contributed by atoms with Gasteiger partial charge in [0.05, 0.1) is 11.7 Å². The molecule has 10 nitrogen and oxygen atoms in total. The Morgan fingerprint density at radius 3 is 2.46 bits per heavy atom. The molecule has 13 heteroatoms. The molecular formula is C26H33F2N6O4S-. The van der Waals surface area contributed by atoms with Crippen LogP contribution in [0.25, 0.3) is 0 Å². The molecule has 0 spiro atoms. The maximum absolute atomic E-state index is 15.4. The Kier molecular flexibility index (Phi) is 9.04. The van der Waals surface area contributed by atoms with E-state index in [4.69, 9.17) is 9.73 Å². The number of aliphatic imine (C=N–C) groups is 1. The zero-order valence-electron chi connectivity index (χ0n) is 23.0. The normalized spacial score (nSPS) is 17.9. The van der Waals surface area contributed by atoms with Crippen LogP contribution in [0.5, 0.6) is 0 Å². The van der Waals surface area contributed by atoms with Crippen molar-refractivity contribution < 1.29 is 27.3 Å². The number of carbonyl (C=O) groups is 2.